The molecular formula is C21H28FN5O5S. The maximum absolute atomic E-state index is 13.1. The van der Waals surface area contributed by atoms with E-state index in [4.69, 9.17) is 0 Å². The molecule has 1 atom stereocenters. The minimum absolute atomic E-state index is 0.0454. The highest BCUT2D eigenvalue weighted by Crippen LogP contribution is 2.25. The first-order valence-electron chi connectivity index (χ1n) is 10.4. The van der Waals surface area contributed by atoms with Crippen LogP contribution in [0.4, 0.5) is 4.39 Å². The number of nitrogens with zero attached hydrogens (tertiary/aromatic N) is 4. The van der Waals surface area contributed by atoms with Crippen LogP contribution in [-0.2, 0) is 16.6 Å². The summed E-state index contributed by atoms with van der Waals surface area (Å²) in [6.07, 6.45) is 0. The Kier molecular flexibility index (Phi) is 7.20. The molecule has 3 rings (SSSR count). The van der Waals surface area contributed by atoms with Crippen LogP contribution in [0, 0.1) is 5.82 Å². The molecule has 1 unspecified atom stereocenters. The lowest BCUT2D eigenvalue weighted by molar-refractivity contribution is 0.0772. The number of piperazine rings is 1. The van der Waals surface area contributed by atoms with E-state index in [9.17, 15) is 27.5 Å². The van der Waals surface area contributed by atoms with E-state index in [-0.39, 0.29) is 18.9 Å². The standard InChI is InChI=1S/C21H28FN5O5S/c1-13(2)33(31,32)27-10-9-25(3)16(12-27)19-23-17(18(28)20(29)24-19)21(30)26(4)11-14-5-7-15(22)8-6-14/h5-8,13,16,28H,9-12H2,1-4H3,(H,23,24,29). The highest BCUT2D eigenvalue weighted by molar-refractivity contribution is 7.89. The van der Waals surface area contributed by atoms with Gasteiger partial charge >= 0.3 is 0 Å². The molecule has 33 heavy (non-hydrogen) atoms. The first kappa shape index (κ1) is 24.8. The zero-order chi connectivity index (χ0) is 24.5. The van der Waals surface area contributed by atoms with E-state index >= 15 is 0 Å². The van der Waals surface area contributed by atoms with Gasteiger partial charge in [-0.25, -0.2) is 17.8 Å². The van der Waals surface area contributed by atoms with Gasteiger partial charge in [-0.05, 0) is 38.6 Å². The topological polar surface area (TPSA) is 127 Å². The second-order valence-electron chi connectivity index (χ2n) is 8.38. The lowest BCUT2D eigenvalue weighted by atomic mass is 10.1. The number of halogens is 1. The Hall–Kier alpha value is -2.83. The summed E-state index contributed by atoms with van der Waals surface area (Å²) in [5.74, 6) is -1.84. The third kappa shape index (κ3) is 5.23. The van der Waals surface area contributed by atoms with E-state index in [1.807, 2.05) is 4.90 Å². The van der Waals surface area contributed by atoms with Gasteiger partial charge in [-0.1, -0.05) is 12.1 Å². The fourth-order valence-corrected chi connectivity index (χ4v) is 4.86. The van der Waals surface area contributed by atoms with Gasteiger partial charge in [-0.3, -0.25) is 14.5 Å². The van der Waals surface area contributed by atoms with Crippen LogP contribution >= 0.6 is 0 Å². The Morgan fingerprint density at radius 2 is 1.94 bits per heavy atom. The molecule has 1 aromatic carbocycles. The van der Waals surface area contributed by atoms with Crippen LogP contribution in [0.2, 0.25) is 0 Å². The van der Waals surface area contributed by atoms with Gasteiger partial charge in [0.05, 0.1) is 11.3 Å². The Morgan fingerprint density at radius 3 is 2.55 bits per heavy atom. The second-order valence-corrected chi connectivity index (χ2v) is 10.9. The van der Waals surface area contributed by atoms with Crippen molar-refractivity contribution in [1.82, 2.24) is 24.1 Å². The van der Waals surface area contributed by atoms with Gasteiger partial charge in [0.2, 0.25) is 15.8 Å². The average molecular weight is 482 g/mol. The molecule has 1 aromatic heterocycles. The molecule has 0 saturated carbocycles. The first-order valence-corrected chi connectivity index (χ1v) is 11.9. The summed E-state index contributed by atoms with van der Waals surface area (Å²) < 4.78 is 39.8. The molecule has 0 spiro atoms. The number of amides is 1. The monoisotopic (exact) mass is 481 g/mol. The number of sulfonamides is 1. The lowest BCUT2D eigenvalue weighted by Gasteiger charge is -2.38. The van der Waals surface area contributed by atoms with Crippen LogP contribution in [0.1, 0.15) is 41.8 Å². The van der Waals surface area contributed by atoms with E-state index in [0.717, 1.165) is 0 Å². The lowest BCUT2D eigenvalue weighted by Crippen LogP contribution is -2.51. The summed E-state index contributed by atoms with van der Waals surface area (Å²) in [5, 5.41) is 9.63. The smallest absolute Gasteiger partial charge is 0.293 e. The highest BCUT2D eigenvalue weighted by atomic mass is 32.2. The maximum atomic E-state index is 13.1. The summed E-state index contributed by atoms with van der Waals surface area (Å²) in [7, 11) is -0.292. The summed E-state index contributed by atoms with van der Waals surface area (Å²) >= 11 is 0. The molecule has 2 heterocycles. The van der Waals surface area contributed by atoms with Crippen LogP contribution < -0.4 is 5.56 Å². The number of aromatic hydroxyl groups is 1. The van der Waals surface area contributed by atoms with Crippen molar-refractivity contribution in [1.29, 1.82) is 0 Å². The molecule has 2 aromatic rings. The molecule has 10 nitrogen and oxygen atoms in total. The highest BCUT2D eigenvalue weighted by Gasteiger charge is 2.36. The van der Waals surface area contributed by atoms with Gasteiger partial charge in [0, 0.05) is 33.2 Å². The largest absolute Gasteiger partial charge is 0.501 e. The first-order chi connectivity index (χ1) is 15.4. The Bertz CT molecular complexity index is 1180. The normalized spacial score (nSPS) is 17.9. The molecule has 0 radical (unpaired) electrons. The van der Waals surface area contributed by atoms with Gasteiger partial charge in [0.15, 0.2) is 5.69 Å². The van der Waals surface area contributed by atoms with Crippen molar-refractivity contribution in [2.75, 3.05) is 33.7 Å². The molecule has 0 aliphatic carbocycles. The van der Waals surface area contributed by atoms with Crippen molar-refractivity contribution in [3.05, 3.63) is 57.5 Å². The fourth-order valence-electron chi connectivity index (χ4n) is 3.58. The number of hydrogen-bond acceptors (Lipinski definition) is 7. The van der Waals surface area contributed by atoms with Gasteiger partial charge in [0.25, 0.3) is 11.5 Å². The van der Waals surface area contributed by atoms with Crippen molar-refractivity contribution < 1.29 is 22.7 Å². The molecule has 180 valence electrons. The van der Waals surface area contributed by atoms with Crippen LogP contribution in [-0.4, -0.2) is 82.5 Å². The summed E-state index contributed by atoms with van der Waals surface area (Å²) in [4.78, 5) is 35.2. The SMILES string of the molecule is CC(C)S(=O)(=O)N1CCN(C)C(c2nc(C(=O)N(C)Cc3ccc(F)cc3)c(O)c(=O)[nH]2)C1. The van der Waals surface area contributed by atoms with Gasteiger partial charge in [-0.2, -0.15) is 4.31 Å². The maximum Gasteiger partial charge on any atom is 0.293 e. The van der Waals surface area contributed by atoms with Crippen molar-refractivity contribution >= 4 is 15.9 Å². The van der Waals surface area contributed by atoms with Crippen molar-refractivity contribution in [3.63, 3.8) is 0 Å². The van der Waals surface area contributed by atoms with Crippen LogP contribution in [0.5, 0.6) is 5.75 Å². The molecule has 12 heteroatoms. The predicted octanol–water partition coefficient (Wildman–Crippen LogP) is 0.914. The van der Waals surface area contributed by atoms with Crippen LogP contribution in [0.25, 0.3) is 0 Å². The summed E-state index contributed by atoms with van der Waals surface area (Å²) in [6, 6.07) is 4.97. The molecule has 1 amide bonds. The van der Waals surface area contributed by atoms with E-state index in [1.165, 1.54) is 40.5 Å². The third-order valence-electron chi connectivity index (χ3n) is 5.68. The summed E-state index contributed by atoms with van der Waals surface area (Å²) in [6.45, 7) is 4.03. The van der Waals surface area contributed by atoms with E-state index < -0.39 is 50.0 Å². The molecule has 2 N–H and O–H groups in total. The quantitative estimate of drug-likeness (QED) is 0.628. The van der Waals surface area contributed by atoms with Crippen LogP contribution in [0.3, 0.4) is 0 Å². The Labute approximate surface area is 191 Å². The number of H-pyrrole nitrogens is 1. The molecule has 1 fully saturated rings. The Balaban J connectivity index is 1.90. The molecular weight excluding hydrogens is 453 g/mol. The van der Waals surface area contributed by atoms with Gasteiger partial charge in [-0.15, -0.1) is 0 Å². The predicted molar refractivity (Wildman–Crippen MR) is 120 cm³/mol. The minimum Gasteiger partial charge on any atom is -0.501 e. The molecule has 1 saturated heterocycles. The van der Waals surface area contributed by atoms with Crippen molar-refractivity contribution in [3.8, 4) is 5.75 Å². The number of likely N-dealkylation sites (N-methyl/N-ethyl adjacent to an activating group) is 1. The van der Waals surface area contributed by atoms with E-state index in [0.29, 0.717) is 18.7 Å². The molecule has 1 aliphatic rings. The zero-order valence-electron chi connectivity index (χ0n) is 18.9. The Morgan fingerprint density at radius 1 is 1.30 bits per heavy atom. The number of aromatic nitrogens is 2. The van der Waals surface area contributed by atoms with E-state index in [2.05, 4.69) is 9.97 Å². The number of hydrogen-bond donors (Lipinski definition) is 2. The number of benzene rings is 1. The number of aromatic amines is 1. The second kappa shape index (κ2) is 9.57. The molecule has 1 aliphatic heterocycles. The van der Waals surface area contributed by atoms with Crippen molar-refractivity contribution in [2.24, 2.45) is 0 Å². The third-order valence-corrected chi connectivity index (χ3v) is 7.92. The van der Waals surface area contributed by atoms with Crippen LogP contribution in [0.15, 0.2) is 29.1 Å². The molecule has 0 bridgehead atoms. The van der Waals surface area contributed by atoms with Crippen molar-refractivity contribution in [2.45, 2.75) is 31.7 Å². The minimum atomic E-state index is -3.52. The average Bonchev–Trinajstić information content (AvgIpc) is 2.76. The number of nitrogens with one attached hydrogen (secondary N) is 1. The van der Waals surface area contributed by atoms with E-state index in [1.54, 1.807) is 20.9 Å². The number of rotatable bonds is 6. The fraction of sp³-hybridized carbons (Fsp3) is 0.476. The van der Waals surface area contributed by atoms with Gasteiger partial charge in [0.1, 0.15) is 11.6 Å². The number of carbonyl (C=O) groups is 1. The van der Waals surface area contributed by atoms with Gasteiger partial charge < -0.3 is 15.0 Å². The number of carbonyl (C=O) groups excluding carboxylic acids is 1. The zero-order valence-corrected chi connectivity index (χ0v) is 19.8. The summed E-state index contributed by atoms with van der Waals surface area (Å²) in [5.41, 5.74) is -0.676.